The summed E-state index contributed by atoms with van der Waals surface area (Å²) < 4.78 is 0. The summed E-state index contributed by atoms with van der Waals surface area (Å²) in [7, 11) is 1.63. The predicted octanol–water partition coefficient (Wildman–Crippen LogP) is 2.90. The Balaban J connectivity index is 1.71. The van der Waals surface area contributed by atoms with Crippen LogP contribution >= 0.6 is 0 Å². The van der Waals surface area contributed by atoms with E-state index < -0.39 is 11.0 Å². The number of non-ortho nitro benzene ring substituents is 1. The molecule has 0 saturated heterocycles. The number of nitro groups is 1. The van der Waals surface area contributed by atoms with Crippen molar-refractivity contribution >= 4 is 23.3 Å². The molecule has 0 bridgehead atoms. The zero-order valence-corrected chi connectivity index (χ0v) is 15.4. The number of aryl methyl sites for hydroxylation is 1. The number of rotatable bonds is 3. The molecular weight excluding hydrogens is 360 g/mol. The number of benzene rings is 2. The van der Waals surface area contributed by atoms with E-state index in [-0.39, 0.29) is 24.2 Å². The first-order chi connectivity index (χ1) is 13.4. The molecule has 2 aromatic rings. The molecule has 28 heavy (non-hydrogen) atoms. The third-order valence-electron chi connectivity index (χ3n) is 5.14. The summed E-state index contributed by atoms with van der Waals surface area (Å²) in [5.41, 5.74) is 3.58. The fourth-order valence-electron chi connectivity index (χ4n) is 3.54. The molecular formula is C20H18N4O4. The van der Waals surface area contributed by atoms with Gasteiger partial charge < -0.3 is 10.2 Å². The van der Waals surface area contributed by atoms with E-state index in [9.17, 15) is 19.7 Å². The van der Waals surface area contributed by atoms with Crippen LogP contribution in [0.1, 0.15) is 17.2 Å². The summed E-state index contributed by atoms with van der Waals surface area (Å²) in [6, 6.07) is 12.7. The largest absolute Gasteiger partial charge is 0.327 e. The molecule has 0 aliphatic carbocycles. The topological polar surface area (TPSA) is 95.8 Å². The fraction of sp³-hybridized carbons (Fsp3) is 0.200. The molecule has 2 heterocycles. The Kier molecular flexibility index (Phi) is 4.11. The molecule has 1 atom stereocenters. The van der Waals surface area contributed by atoms with Gasteiger partial charge in [0.1, 0.15) is 0 Å². The highest BCUT2D eigenvalue weighted by Crippen LogP contribution is 2.37. The van der Waals surface area contributed by atoms with Gasteiger partial charge >= 0.3 is 6.03 Å². The number of likely N-dealkylation sites (N-methyl/N-ethyl adjacent to an activating group) is 1. The highest BCUT2D eigenvalue weighted by Gasteiger charge is 2.43. The minimum atomic E-state index is -0.533. The number of nitrogens with zero attached hydrogens (tertiary/aromatic N) is 3. The number of carbonyl (C=O) groups is 2. The Morgan fingerprint density at radius 2 is 1.71 bits per heavy atom. The number of hydrogen-bond donors (Lipinski definition) is 1. The van der Waals surface area contributed by atoms with Crippen LogP contribution in [0.5, 0.6) is 0 Å². The van der Waals surface area contributed by atoms with Crippen LogP contribution in [0.3, 0.4) is 0 Å². The van der Waals surface area contributed by atoms with Crippen LogP contribution in [0, 0.1) is 17.0 Å². The minimum Gasteiger partial charge on any atom is -0.327 e. The van der Waals surface area contributed by atoms with Crippen molar-refractivity contribution in [3.8, 4) is 0 Å². The first kappa shape index (κ1) is 17.7. The number of urea groups is 1. The maximum absolute atomic E-state index is 13.2. The van der Waals surface area contributed by atoms with Crippen molar-refractivity contribution in [3.63, 3.8) is 0 Å². The molecule has 142 valence electrons. The maximum Gasteiger partial charge on any atom is 0.322 e. The summed E-state index contributed by atoms with van der Waals surface area (Å²) >= 11 is 0. The lowest BCUT2D eigenvalue weighted by molar-refractivity contribution is -0.384. The second-order valence-electron chi connectivity index (χ2n) is 6.88. The molecule has 8 heteroatoms. The molecule has 4 rings (SSSR count). The molecule has 1 N–H and O–H groups in total. The number of nitro benzene ring substituents is 1. The standard InChI is InChI=1S/C20H18N4O4/c1-12-3-5-13(6-4-12)18-17-16(22(2)20(26)21-18)11-23(19(17)25)14-7-9-15(10-8-14)24(27)28/h3-10,18H,11H2,1-2H3,(H,21,26). The summed E-state index contributed by atoms with van der Waals surface area (Å²) in [5, 5.41) is 13.8. The van der Waals surface area contributed by atoms with Gasteiger partial charge in [0.2, 0.25) is 0 Å². The summed E-state index contributed by atoms with van der Waals surface area (Å²) in [5.74, 6) is -0.221. The van der Waals surface area contributed by atoms with Crippen molar-refractivity contribution in [3.05, 3.63) is 81.0 Å². The fourth-order valence-corrected chi connectivity index (χ4v) is 3.54. The molecule has 0 fully saturated rings. The van der Waals surface area contributed by atoms with Crippen molar-refractivity contribution in [1.29, 1.82) is 0 Å². The molecule has 0 radical (unpaired) electrons. The van der Waals surface area contributed by atoms with E-state index in [1.165, 1.54) is 21.9 Å². The van der Waals surface area contributed by atoms with Crippen molar-refractivity contribution in [2.24, 2.45) is 0 Å². The molecule has 2 aromatic carbocycles. The summed E-state index contributed by atoms with van der Waals surface area (Å²) in [6.07, 6.45) is 0. The van der Waals surface area contributed by atoms with E-state index in [0.29, 0.717) is 17.0 Å². The second-order valence-corrected chi connectivity index (χ2v) is 6.88. The van der Waals surface area contributed by atoms with Gasteiger partial charge in [0.05, 0.1) is 28.8 Å². The van der Waals surface area contributed by atoms with E-state index in [0.717, 1.165) is 11.1 Å². The molecule has 3 amide bonds. The molecule has 1 unspecified atom stereocenters. The summed E-state index contributed by atoms with van der Waals surface area (Å²) in [4.78, 5) is 39.0. The normalized spacial score (nSPS) is 19.0. The molecule has 2 aliphatic rings. The van der Waals surface area contributed by atoms with Crippen molar-refractivity contribution in [2.45, 2.75) is 13.0 Å². The zero-order chi connectivity index (χ0) is 20.0. The Morgan fingerprint density at radius 1 is 1.07 bits per heavy atom. The first-order valence-electron chi connectivity index (χ1n) is 8.77. The van der Waals surface area contributed by atoms with Gasteiger partial charge in [-0.1, -0.05) is 29.8 Å². The van der Waals surface area contributed by atoms with Crippen LogP contribution in [0.2, 0.25) is 0 Å². The highest BCUT2D eigenvalue weighted by atomic mass is 16.6. The molecule has 0 spiro atoms. The third kappa shape index (κ3) is 2.79. The average Bonchev–Trinajstić information content (AvgIpc) is 3.03. The SMILES string of the molecule is Cc1ccc(C2NC(=O)N(C)C3=C2C(=O)N(c2ccc([N+](=O)[O-])cc2)C3)cc1. The molecule has 8 nitrogen and oxygen atoms in total. The van der Waals surface area contributed by atoms with Crippen molar-refractivity contribution in [2.75, 3.05) is 18.5 Å². The van der Waals surface area contributed by atoms with Crippen LogP contribution in [0.4, 0.5) is 16.2 Å². The van der Waals surface area contributed by atoms with Crippen LogP contribution < -0.4 is 10.2 Å². The van der Waals surface area contributed by atoms with Crippen molar-refractivity contribution in [1.82, 2.24) is 10.2 Å². The number of anilines is 1. The lowest BCUT2D eigenvalue weighted by Crippen LogP contribution is -2.45. The third-order valence-corrected chi connectivity index (χ3v) is 5.14. The Labute approximate surface area is 161 Å². The monoisotopic (exact) mass is 378 g/mol. The zero-order valence-electron chi connectivity index (χ0n) is 15.4. The van der Waals surface area contributed by atoms with Crippen LogP contribution in [0.25, 0.3) is 0 Å². The Morgan fingerprint density at radius 3 is 2.32 bits per heavy atom. The van der Waals surface area contributed by atoms with Crippen molar-refractivity contribution < 1.29 is 14.5 Å². The maximum atomic E-state index is 13.2. The van der Waals surface area contributed by atoms with Crippen LogP contribution in [-0.4, -0.2) is 35.4 Å². The first-order valence-corrected chi connectivity index (χ1v) is 8.77. The number of amides is 3. The molecule has 0 saturated carbocycles. The van der Waals surface area contributed by atoms with E-state index in [1.807, 2.05) is 31.2 Å². The van der Waals surface area contributed by atoms with E-state index in [2.05, 4.69) is 5.32 Å². The average molecular weight is 378 g/mol. The lowest BCUT2D eigenvalue weighted by Gasteiger charge is -2.31. The van der Waals surface area contributed by atoms with Gasteiger partial charge in [-0.25, -0.2) is 4.79 Å². The minimum absolute atomic E-state index is 0.0420. The van der Waals surface area contributed by atoms with Gasteiger partial charge in [0.15, 0.2) is 0 Å². The molecule has 2 aliphatic heterocycles. The van der Waals surface area contributed by atoms with E-state index in [4.69, 9.17) is 0 Å². The number of hydrogen-bond acceptors (Lipinski definition) is 4. The quantitative estimate of drug-likeness (QED) is 0.656. The van der Waals surface area contributed by atoms with Gasteiger partial charge in [-0.3, -0.25) is 19.8 Å². The van der Waals surface area contributed by atoms with Gasteiger partial charge in [-0.2, -0.15) is 0 Å². The van der Waals surface area contributed by atoms with Crippen LogP contribution in [-0.2, 0) is 4.79 Å². The van der Waals surface area contributed by atoms with Gasteiger partial charge in [-0.05, 0) is 24.6 Å². The smallest absolute Gasteiger partial charge is 0.322 e. The molecule has 0 aromatic heterocycles. The number of carbonyl (C=O) groups excluding carboxylic acids is 2. The van der Waals surface area contributed by atoms with E-state index >= 15 is 0 Å². The van der Waals surface area contributed by atoms with Gasteiger partial charge in [0, 0.05) is 24.9 Å². The second kappa shape index (κ2) is 6.49. The van der Waals surface area contributed by atoms with Gasteiger partial charge in [-0.15, -0.1) is 0 Å². The van der Waals surface area contributed by atoms with E-state index in [1.54, 1.807) is 19.2 Å². The Bertz CT molecular complexity index is 1010. The predicted molar refractivity (Wildman–Crippen MR) is 103 cm³/mol. The summed E-state index contributed by atoms with van der Waals surface area (Å²) in [6.45, 7) is 2.21. The Hall–Kier alpha value is -3.68. The van der Waals surface area contributed by atoms with Gasteiger partial charge in [0.25, 0.3) is 11.6 Å². The highest BCUT2D eigenvalue weighted by molar-refractivity contribution is 6.11. The van der Waals surface area contributed by atoms with Crippen LogP contribution in [0.15, 0.2) is 59.8 Å². The lowest BCUT2D eigenvalue weighted by atomic mass is 9.95. The number of nitrogens with one attached hydrogen (secondary N) is 1.